The number of halogens is 3. The summed E-state index contributed by atoms with van der Waals surface area (Å²) < 4.78 is 0. The van der Waals surface area contributed by atoms with Crippen LogP contribution in [0.25, 0.3) is 0 Å². The van der Waals surface area contributed by atoms with Gasteiger partial charge in [-0.25, -0.2) is 5.84 Å². The second-order valence-corrected chi connectivity index (χ2v) is 12.5. The van der Waals surface area contributed by atoms with Crippen molar-refractivity contribution in [2.45, 2.75) is 46.4 Å². The smallest absolute Gasteiger partial charge is 0.124 e. The molecule has 4 aromatic carbocycles. The fraction of sp³-hybridized carbons (Fsp3) is 0.231. The number of aryl methyl sites for hydroxylation is 1. The number of nitrogens with two attached hydrogens (primary N) is 1. The molecule has 0 aliphatic rings. The van der Waals surface area contributed by atoms with Gasteiger partial charge in [-0.3, -0.25) is 4.90 Å². The van der Waals surface area contributed by atoms with E-state index in [0.29, 0.717) is 35.3 Å². The number of rotatable bonds is 13. The SMILES string of the molecule is C=CNC(/C=C\C)N(C)C.CC(=N)c1ccccc1NCc1ccc(Cl)cc1Cl.Cc1cc(Cl)ccc1CN(N)c1ccccc1CC=O. The summed E-state index contributed by atoms with van der Waals surface area (Å²) >= 11 is 18.0. The van der Waals surface area contributed by atoms with Crippen LogP contribution in [0.2, 0.25) is 15.1 Å². The van der Waals surface area contributed by atoms with E-state index in [-0.39, 0.29) is 6.17 Å². The minimum absolute atomic E-state index is 0.266. The lowest BCUT2D eigenvalue weighted by Gasteiger charge is -2.22. The largest absolute Gasteiger partial charge is 0.380 e. The fourth-order valence-electron chi connectivity index (χ4n) is 4.66. The molecule has 10 heteroatoms. The normalized spacial score (nSPS) is 11.1. The quantitative estimate of drug-likeness (QED) is 0.0274. The summed E-state index contributed by atoms with van der Waals surface area (Å²) in [5, 5.41) is 17.8. The number of aldehydes is 1. The Morgan fingerprint density at radius 1 is 0.939 bits per heavy atom. The van der Waals surface area contributed by atoms with Crippen LogP contribution in [0.1, 0.15) is 41.7 Å². The van der Waals surface area contributed by atoms with Crippen molar-refractivity contribution in [3.63, 3.8) is 0 Å². The standard InChI is InChI=1S/C16H17ClN2O.C15H14Cl2N2.C8H16N2/c1-12-10-15(17)7-6-14(12)11-19(18)16-5-3-2-4-13(16)8-9-20;1-10(18)13-4-2-3-5-15(13)19-9-11-6-7-12(16)8-14(11)17;1-5-7-8(9-6-2)10(3)4/h2-7,9-10H,8,11,18H2,1H3;2-8,18-19H,9H2,1H3;5-9H,2H2,1,3-4H3/b;;7-5-. The molecule has 4 aromatic rings. The van der Waals surface area contributed by atoms with E-state index >= 15 is 0 Å². The molecular weight excluding hydrogens is 675 g/mol. The molecule has 0 aliphatic heterocycles. The van der Waals surface area contributed by atoms with Crippen LogP contribution in [0.3, 0.4) is 0 Å². The number of hydrazine groups is 1. The highest BCUT2D eigenvalue weighted by Gasteiger charge is 2.10. The molecule has 0 heterocycles. The van der Waals surface area contributed by atoms with Crippen molar-refractivity contribution in [2.24, 2.45) is 5.84 Å². The van der Waals surface area contributed by atoms with Gasteiger partial charge in [-0.2, -0.15) is 0 Å². The van der Waals surface area contributed by atoms with Crippen LogP contribution in [0.15, 0.2) is 110 Å². The Kier molecular flexibility index (Phi) is 18.2. The summed E-state index contributed by atoms with van der Waals surface area (Å²) in [5.41, 5.74) is 7.34. The van der Waals surface area contributed by atoms with Crippen molar-refractivity contribution < 1.29 is 4.79 Å². The first kappa shape index (κ1) is 41.1. The molecule has 0 radical (unpaired) electrons. The van der Waals surface area contributed by atoms with Crippen molar-refractivity contribution in [3.05, 3.63) is 153 Å². The Morgan fingerprint density at radius 2 is 1.57 bits per heavy atom. The highest BCUT2D eigenvalue weighted by Crippen LogP contribution is 2.24. The second-order valence-electron chi connectivity index (χ2n) is 11.3. The number of carbonyl (C=O) groups excluding carboxylic acids is 1. The van der Waals surface area contributed by atoms with Gasteiger partial charge in [-0.1, -0.05) is 102 Å². The van der Waals surface area contributed by atoms with E-state index in [1.807, 2.05) is 113 Å². The highest BCUT2D eigenvalue weighted by atomic mass is 35.5. The Balaban J connectivity index is 0.000000270. The molecule has 0 saturated heterocycles. The fourth-order valence-corrected chi connectivity index (χ4v) is 5.36. The number of anilines is 2. The Labute approximate surface area is 306 Å². The van der Waals surface area contributed by atoms with Gasteiger partial charge >= 0.3 is 0 Å². The monoisotopic (exact) mass is 720 g/mol. The van der Waals surface area contributed by atoms with E-state index in [1.54, 1.807) is 24.2 Å². The van der Waals surface area contributed by atoms with E-state index in [1.165, 1.54) is 0 Å². The lowest BCUT2D eigenvalue weighted by molar-refractivity contribution is -0.107. The molecule has 5 N–H and O–H groups in total. The minimum atomic E-state index is 0.266. The third kappa shape index (κ3) is 14.1. The van der Waals surface area contributed by atoms with E-state index in [9.17, 15) is 4.79 Å². The van der Waals surface area contributed by atoms with E-state index in [4.69, 9.17) is 46.1 Å². The number of allylic oxidation sites excluding steroid dienone is 1. The molecule has 7 nitrogen and oxygen atoms in total. The molecule has 0 aliphatic carbocycles. The van der Waals surface area contributed by atoms with Gasteiger partial charge < -0.3 is 25.8 Å². The summed E-state index contributed by atoms with van der Waals surface area (Å²) in [6, 6.07) is 26.6. The van der Waals surface area contributed by atoms with Crippen LogP contribution in [-0.4, -0.2) is 37.2 Å². The molecule has 0 spiro atoms. The third-order valence-electron chi connectivity index (χ3n) is 7.28. The molecule has 0 fully saturated rings. The maximum Gasteiger partial charge on any atom is 0.124 e. The second kappa shape index (κ2) is 21.8. The summed E-state index contributed by atoms with van der Waals surface area (Å²) in [7, 11) is 4.03. The van der Waals surface area contributed by atoms with Crippen molar-refractivity contribution in [1.82, 2.24) is 10.2 Å². The average Bonchev–Trinajstić information content (AvgIpc) is 3.06. The van der Waals surface area contributed by atoms with Crippen LogP contribution < -0.4 is 21.5 Å². The van der Waals surface area contributed by atoms with Crippen molar-refractivity contribution in [1.29, 1.82) is 5.41 Å². The maximum atomic E-state index is 10.7. The Hall–Kier alpha value is -4.11. The summed E-state index contributed by atoms with van der Waals surface area (Å²) in [5.74, 6) is 6.15. The molecule has 0 amide bonds. The summed E-state index contributed by atoms with van der Waals surface area (Å²) in [4.78, 5) is 12.8. The molecule has 260 valence electrons. The molecule has 1 atom stereocenters. The van der Waals surface area contributed by atoms with Crippen molar-refractivity contribution in [3.8, 4) is 0 Å². The first-order chi connectivity index (χ1) is 23.4. The zero-order chi connectivity index (χ0) is 36.3. The lowest BCUT2D eigenvalue weighted by atomic mass is 10.1. The predicted octanol–water partition coefficient (Wildman–Crippen LogP) is 9.45. The minimum Gasteiger partial charge on any atom is -0.380 e. The zero-order valence-corrected chi connectivity index (χ0v) is 31.1. The van der Waals surface area contributed by atoms with Gasteiger partial charge in [-0.15, -0.1) is 0 Å². The zero-order valence-electron chi connectivity index (χ0n) is 28.8. The predicted molar refractivity (Wildman–Crippen MR) is 211 cm³/mol. The first-order valence-electron chi connectivity index (χ1n) is 15.7. The van der Waals surface area contributed by atoms with E-state index in [0.717, 1.165) is 50.5 Å². The van der Waals surface area contributed by atoms with Gasteiger partial charge in [0.05, 0.1) is 18.4 Å². The van der Waals surface area contributed by atoms with E-state index < -0.39 is 0 Å². The maximum absolute atomic E-state index is 10.7. The summed E-state index contributed by atoms with van der Waals surface area (Å²) in [6.45, 7) is 10.5. The van der Waals surface area contributed by atoms with Gasteiger partial charge in [0.2, 0.25) is 0 Å². The van der Waals surface area contributed by atoms with Gasteiger partial charge in [0, 0.05) is 45.0 Å². The topological polar surface area (TPSA) is 97.5 Å². The van der Waals surface area contributed by atoms with Crippen molar-refractivity contribution >= 4 is 58.2 Å². The average molecular weight is 722 g/mol. The first-order valence-corrected chi connectivity index (χ1v) is 16.8. The van der Waals surface area contributed by atoms with Gasteiger partial charge in [0.15, 0.2) is 0 Å². The molecule has 0 bridgehead atoms. The molecule has 0 saturated carbocycles. The number of nitrogens with zero attached hydrogens (tertiary/aromatic N) is 2. The number of carbonyl (C=O) groups is 1. The van der Waals surface area contributed by atoms with Crippen LogP contribution in [0.5, 0.6) is 0 Å². The van der Waals surface area contributed by atoms with Crippen LogP contribution in [0.4, 0.5) is 11.4 Å². The number of hydrogen-bond acceptors (Lipinski definition) is 7. The Bertz CT molecular complexity index is 1690. The van der Waals surface area contributed by atoms with Crippen LogP contribution in [0, 0.1) is 12.3 Å². The van der Waals surface area contributed by atoms with Crippen molar-refractivity contribution in [2.75, 3.05) is 24.4 Å². The third-order valence-corrected chi connectivity index (χ3v) is 8.11. The molecule has 49 heavy (non-hydrogen) atoms. The number of nitrogens with one attached hydrogen (secondary N) is 3. The van der Waals surface area contributed by atoms with E-state index in [2.05, 4.69) is 28.2 Å². The number of benzene rings is 4. The Morgan fingerprint density at radius 3 is 2.16 bits per heavy atom. The van der Waals surface area contributed by atoms with Gasteiger partial charge in [-0.05, 0) is 99.7 Å². The summed E-state index contributed by atoms with van der Waals surface area (Å²) in [6.07, 6.45) is 7.31. The lowest BCUT2D eigenvalue weighted by Crippen LogP contribution is -2.36. The number of hydrogen-bond donors (Lipinski definition) is 4. The van der Waals surface area contributed by atoms with Crippen LogP contribution >= 0.6 is 34.8 Å². The van der Waals surface area contributed by atoms with Gasteiger partial charge in [0.1, 0.15) is 6.29 Å². The number of likely N-dealkylation sites (N-methyl/N-ethyl adjacent to an activating group) is 1. The highest BCUT2D eigenvalue weighted by molar-refractivity contribution is 6.35. The molecule has 0 aromatic heterocycles. The van der Waals surface area contributed by atoms with Gasteiger partial charge in [0.25, 0.3) is 0 Å². The molecule has 1 unspecified atom stereocenters. The van der Waals surface area contributed by atoms with Crippen LogP contribution in [-0.2, 0) is 24.3 Å². The molecule has 4 rings (SSSR count). The number of para-hydroxylation sites is 2. The molecular formula is C39H47Cl3N6O.